The molecule has 0 saturated carbocycles. The fraction of sp³-hybridized carbons (Fsp3) is 0.524. The summed E-state index contributed by atoms with van der Waals surface area (Å²) in [6.45, 7) is 4.66. The molecule has 2 amide bonds. The van der Waals surface area contributed by atoms with Crippen LogP contribution in [-0.4, -0.2) is 61.2 Å². The van der Waals surface area contributed by atoms with Gasteiger partial charge in [0.2, 0.25) is 6.41 Å². The lowest BCUT2D eigenvalue weighted by atomic mass is 9.97. The molecule has 0 bridgehead atoms. The predicted molar refractivity (Wildman–Crippen MR) is 109 cm³/mol. The van der Waals surface area contributed by atoms with Crippen molar-refractivity contribution >= 4 is 24.1 Å². The number of para-hydroxylation sites is 1. The summed E-state index contributed by atoms with van der Waals surface area (Å²) in [6, 6.07) is 8.50. The number of hydroxylamine groups is 1. The van der Waals surface area contributed by atoms with Gasteiger partial charge in [-0.3, -0.25) is 14.8 Å². The van der Waals surface area contributed by atoms with Crippen LogP contribution >= 0.6 is 0 Å². The number of hydrogen-bond acceptors (Lipinski definition) is 5. The average Bonchev–Trinajstić information content (AvgIpc) is 2.76. The lowest BCUT2D eigenvalue weighted by molar-refractivity contribution is -0.124. The Labute approximate surface area is 166 Å². The SMILES string of the molecule is O=CN1CCCC(CNC2CCN(c3ccccc3/C=C/C(=O)NO)CC2)C1. The van der Waals surface area contributed by atoms with Gasteiger partial charge < -0.3 is 15.1 Å². The summed E-state index contributed by atoms with van der Waals surface area (Å²) in [6.07, 6.45) is 8.46. The van der Waals surface area contributed by atoms with Crippen LogP contribution < -0.4 is 15.7 Å². The highest BCUT2D eigenvalue weighted by Crippen LogP contribution is 2.25. The van der Waals surface area contributed by atoms with Gasteiger partial charge in [-0.25, -0.2) is 5.48 Å². The highest BCUT2D eigenvalue weighted by Gasteiger charge is 2.23. The molecule has 1 aromatic carbocycles. The summed E-state index contributed by atoms with van der Waals surface area (Å²) in [5.41, 5.74) is 3.69. The van der Waals surface area contributed by atoms with E-state index in [-0.39, 0.29) is 0 Å². The minimum absolute atomic E-state index is 0.505. The molecule has 1 aromatic rings. The number of benzene rings is 1. The first-order valence-corrected chi connectivity index (χ1v) is 10.1. The fourth-order valence-electron chi connectivity index (χ4n) is 4.14. The Kier molecular flexibility index (Phi) is 7.45. The number of piperidine rings is 2. The number of nitrogens with one attached hydrogen (secondary N) is 2. The molecule has 7 heteroatoms. The van der Waals surface area contributed by atoms with E-state index in [0.29, 0.717) is 12.0 Å². The van der Waals surface area contributed by atoms with Gasteiger partial charge in [-0.1, -0.05) is 18.2 Å². The number of anilines is 1. The number of amides is 2. The normalized spacial score (nSPS) is 21.1. The number of hydrogen-bond donors (Lipinski definition) is 3. The molecule has 3 rings (SSSR count). The highest BCUT2D eigenvalue weighted by atomic mass is 16.5. The van der Waals surface area contributed by atoms with Gasteiger partial charge in [-0.2, -0.15) is 0 Å². The average molecular weight is 386 g/mol. The molecule has 0 aromatic heterocycles. The number of nitrogens with zero attached hydrogens (tertiary/aromatic N) is 2. The van der Waals surface area contributed by atoms with Gasteiger partial charge in [-0.05, 0) is 55.9 Å². The quantitative estimate of drug-likeness (QED) is 0.287. The number of likely N-dealkylation sites (tertiary alicyclic amines) is 1. The first kappa shape index (κ1) is 20.4. The molecule has 2 saturated heterocycles. The molecule has 2 heterocycles. The van der Waals surface area contributed by atoms with Gasteiger partial charge in [0.1, 0.15) is 0 Å². The molecule has 2 aliphatic rings. The lowest BCUT2D eigenvalue weighted by Crippen LogP contribution is -2.46. The Morgan fingerprint density at radius 2 is 1.96 bits per heavy atom. The van der Waals surface area contributed by atoms with Crippen LogP contribution in [0.15, 0.2) is 30.3 Å². The fourth-order valence-corrected chi connectivity index (χ4v) is 4.14. The molecule has 2 aliphatic heterocycles. The number of carbonyl (C=O) groups excluding carboxylic acids is 2. The topological polar surface area (TPSA) is 84.9 Å². The van der Waals surface area contributed by atoms with E-state index < -0.39 is 5.91 Å². The van der Waals surface area contributed by atoms with E-state index in [4.69, 9.17) is 5.21 Å². The monoisotopic (exact) mass is 386 g/mol. The molecule has 1 atom stereocenters. The van der Waals surface area contributed by atoms with E-state index in [1.807, 2.05) is 23.1 Å². The second-order valence-electron chi connectivity index (χ2n) is 7.65. The van der Waals surface area contributed by atoms with Gasteiger partial charge in [-0.15, -0.1) is 0 Å². The van der Waals surface area contributed by atoms with Gasteiger partial charge in [0.25, 0.3) is 5.91 Å². The first-order chi connectivity index (χ1) is 13.7. The van der Waals surface area contributed by atoms with Crippen LogP contribution in [0.1, 0.15) is 31.2 Å². The molecule has 3 N–H and O–H groups in total. The van der Waals surface area contributed by atoms with Crippen molar-refractivity contribution in [2.45, 2.75) is 31.7 Å². The van der Waals surface area contributed by atoms with E-state index in [0.717, 1.165) is 69.6 Å². The molecule has 28 heavy (non-hydrogen) atoms. The zero-order valence-electron chi connectivity index (χ0n) is 16.2. The molecular formula is C21H30N4O3. The standard InChI is InChI=1S/C21H30N4O3/c26-16-24-11-3-4-17(15-24)14-22-19-9-12-25(13-10-19)20-6-2-1-5-18(20)7-8-21(27)23-28/h1-2,5-8,16-17,19,22,28H,3-4,9-15H2,(H,23,27)/b8-7+. The molecule has 152 valence electrons. The minimum atomic E-state index is -0.534. The smallest absolute Gasteiger partial charge is 0.267 e. The van der Waals surface area contributed by atoms with Crippen LogP contribution in [0.25, 0.3) is 6.08 Å². The van der Waals surface area contributed by atoms with Crippen LogP contribution in [0.4, 0.5) is 5.69 Å². The van der Waals surface area contributed by atoms with Crippen LogP contribution in [0, 0.1) is 5.92 Å². The Bertz CT molecular complexity index is 686. The maximum absolute atomic E-state index is 11.3. The minimum Gasteiger partial charge on any atom is -0.371 e. The van der Waals surface area contributed by atoms with E-state index in [1.54, 1.807) is 11.6 Å². The second-order valence-corrected chi connectivity index (χ2v) is 7.65. The third-order valence-corrected chi connectivity index (χ3v) is 5.69. The van der Waals surface area contributed by atoms with Gasteiger partial charge in [0.15, 0.2) is 0 Å². The summed E-state index contributed by atoms with van der Waals surface area (Å²) in [4.78, 5) is 26.5. The van der Waals surface area contributed by atoms with Gasteiger partial charge in [0, 0.05) is 44.0 Å². The van der Waals surface area contributed by atoms with E-state index in [1.165, 1.54) is 12.5 Å². The largest absolute Gasteiger partial charge is 0.371 e. The third kappa shape index (κ3) is 5.56. The second kappa shape index (κ2) is 10.2. The third-order valence-electron chi connectivity index (χ3n) is 5.69. The number of carbonyl (C=O) groups is 2. The summed E-state index contributed by atoms with van der Waals surface area (Å²) < 4.78 is 0. The summed E-state index contributed by atoms with van der Waals surface area (Å²) in [5.74, 6) is 0.0223. The van der Waals surface area contributed by atoms with Crippen molar-refractivity contribution in [1.82, 2.24) is 15.7 Å². The highest BCUT2D eigenvalue weighted by molar-refractivity contribution is 5.91. The van der Waals surface area contributed by atoms with Crippen LogP contribution in [0.2, 0.25) is 0 Å². The van der Waals surface area contributed by atoms with Crippen molar-refractivity contribution in [3.8, 4) is 0 Å². The lowest BCUT2D eigenvalue weighted by Gasteiger charge is -2.36. The molecule has 7 nitrogen and oxygen atoms in total. The van der Waals surface area contributed by atoms with Crippen molar-refractivity contribution < 1.29 is 14.8 Å². The number of rotatable bonds is 7. The van der Waals surface area contributed by atoms with Crippen molar-refractivity contribution in [3.05, 3.63) is 35.9 Å². The zero-order chi connectivity index (χ0) is 19.8. The summed E-state index contributed by atoms with van der Waals surface area (Å²) in [7, 11) is 0. The van der Waals surface area contributed by atoms with Crippen LogP contribution in [0.3, 0.4) is 0 Å². The van der Waals surface area contributed by atoms with E-state index in [2.05, 4.69) is 16.3 Å². The first-order valence-electron chi connectivity index (χ1n) is 10.1. The molecule has 2 fully saturated rings. The van der Waals surface area contributed by atoms with Crippen molar-refractivity contribution in [2.24, 2.45) is 5.92 Å². The summed E-state index contributed by atoms with van der Waals surface area (Å²) >= 11 is 0. The van der Waals surface area contributed by atoms with Gasteiger partial charge >= 0.3 is 0 Å². The maximum atomic E-state index is 11.3. The molecular weight excluding hydrogens is 356 g/mol. The molecule has 1 unspecified atom stereocenters. The molecule has 0 spiro atoms. The van der Waals surface area contributed by atoms with Crippen molar-refractivity contribution in [1.29, 1.82) is 0 Å². The Balaban J connectivity index is 1.49. The van der Waals surface area contributed by atoms with E-state index in [9.17, 15) is 9.59 Å². The summed E-state index contributed by atoms with van der Waals surface area (Å²) in [5, 5.41) is 12.4. The Morgan fingerprint density at radius 3 is 2.71 bits per heavy atom. The van der Waals surface area contributed by atoms with Crippen LogP contribution in [0.5, 0.6) is 0 Å². The zero-order valence-corrected chi connectivity index (χ0v) is 16.2. The molecule has 0 aliphatic carbocycles. The van der Waals surface area contributed by atoms with E-state index >= 15 is 0 Å². The molecule has 0 radical (unpaired) electrons. The van der Waals surface area contributed by atoms with Crippen molar-refractivity contribution in [3.63, 3.8) is 0 Å². The maximum Gasteiger partial charge on any atom is 0.267 e. The predicted octanol–water partition coefficient (Wildman–Crippen LogP) is 1.63. The van der Waals surface area contributed by atoms with Crippen molar-refractivity contribution in [2.75, 3.05) is 37.6 Å². The van der Waals surface area contributed by atoms with Crippen LogP contribution in [-0.2, 0) is 9.59 Å². The Morgan fingerprint density at radius 1 is 1.18 bits per heavy atom. The Hall–Kier alpha value is -2.38. The van der Waals surface area contributed by atoms with Gasteiger partial charge in [0.05, 0.1) is 0 Å².